The molecule has 1 atom stereocenters. The largest absolute Gasteiger partial charge is 0.435 e. The van der Waals surface area contributed by atoms with Gasteiger partial charge in [-0.25, -0.2) is 0 Å². The van der Waals surface area contributed by atoms with Gasteiger partial charge < -0.3 is 20.3 Å². The predicted octanol–water partition coefficient (Wildman–Crippen LogP) is 2.21. The van der Waals surface area contributed by atoms with Crippen molar-refractivity contribution < 1.29 is 18.3 Å². The van der Waals surface area contributed by atoms with Crippen LogP contribution in [0.2, 0.25) is 0 Å². The van der Waals surface area contributed by atoms with Crippen molar-refractivity contribution in [2.75, 3.05) is 20.1 Å². The number of carbonyl (C=O) groups is 1. The summed E-state index contributed by atoms with van der Waals surface area (Å²) in [5, 5.41) is 6.45. The molecule has 1 fully saturated rings. The van der Waals surface area contributed by atoms with Crippen LogP contribution in [0.5, 0.6) is 5.75 Å². The number of guanidine groups is 1. The summed E-state index contributed by atoms with van der Waals surface area (Å²) in [7, 11) is 1.66. The van der Waals surface area contributed by atoms with E-state index in [1.165, 1.54) is 6.07 Å². The quantitative estimate of drug-likeness (QED) is 0.597. The molecule has 1 aromatic rings. The van der Waals surface area contributed by atoms with Crippen LogP contribution in [0.25, 0.3) is 0 Å². The van der Waals surface area contributed by atoms with Crippen molar-refractivity contribution in [1.82, 2.24) is 15.5 Å². The number of nitrogens with one attached hydrogen (secondary N) is 2. The van der Waals surface area contributed by atoms with Gasteiger partial charge in [-0.15, -0.1) is 0 Å². The van der Waals surface area contributed by atoms with Gasteiger partial charge in [-0.2, -0.15) is 8.78 Å². The zero-order valence-corrected chi connectivity index (χ0v) is 15.3. The summed E-state index contributed by atoms with van der Waals surface area (Å²) in [5.74, 6) is 0.886. The molecule has 6 nitrogen and oxygen atoms in total. The summed E-state index contributed by atoms with van der Waals surface area (Å²) in [6, 6.07) is 6.67. The second-order valence-corrected chi connectivity index (χ2v) is 6.52. The number of hydrogen-bond acceptors (Lipinski definition) is 3. The number of ether oxygens (including phenoxy) is 1. The van der Waals surface area contributed by atoms with E-state index in [0.717, 1.165) is 18.5 Å². The van der Waals surface area contributed by atoms with E-state index in [9.17, 15) is 13.6 Å². The molecule has 2 rings (SSSR count). The molecule has 0 bridgehead atoms. The second kappa shape index (κ2) is 9.35. The number of rotatable bonds is 6. The molecular formula is C18H26F2N4O2. The lowest BCUT2D eigenvalue weighted by molar-refractivity contribution is -0.133. The fraction of sp³-hybridized carbons (Fsp3) is 0.556. The van der Waals surface area contributed by atoms with Crippen LogP contribution in [0.3, 0.4) is 0 Å². The summed E-state index contributed by atoms with van der Waals surface area (Å²) in [5.41, 5.74) is 0.800. The predicted molar refractivity (Wildman–Crippen MR) is 96.2 cm³/mol. The maximum Gasteiger partial charge on any atom is 0.387 e. The average Bonchev–Trinajstić information content (AvgIpc) is 3.06. The molecule has 1 aliphatic heterocycles. The van der Waals surface area contributed by atoms with Crippen LogP contribution in [0.4, 0.5) is 8.78 Å². The smallest absolute Gasteiger partial charge is 0.387 e. The van der Waals surface area contributed by atoms with E-state index in [0.29, 0.717) is 19.0 Å². The number of likely N-dealkylation sites (tertiary alicyclic amines) is 1. The van der Waals surface area contributed by atoms with E-state index >= 15 is 0 Å². The lowest BCUT2D eigenvalue weighted by atomic mass is 10.2. The molecule has 8 heteroatoms. The van der Waals surface area contributed by atoms with Crippen LogP contribution >= 0.6 is 0 Å². The minimum atomic E-state index is -2.84. The molecule has 26 heavy (non-hydrogen) atoms. The minimum Gasteiger partial charge on any atom is -0.435 e. The van der Waals surface area contributed by atoms with Gasteiger partial charge in [0.2, 0.25) is 5.91 Å². The van der Waals surface area contributed by atoms with Crippen LogP contribution in [-0.2, 0) is 11.3 Å². The van der Waals surface area contributed by atoms with Crippen molar-refractivity contribution >= 4 is 11.9 Å². The molecule has 1 saturated heterocycles. The lowest BCUT2D eigenvalue weighted by Crippen LogP contribution is -2.45. The summed E-state index contributed by atoms with van der Waals surface area (Å²) < 4.78 is 29.0. The molecule has 0 radical (unpaired) electrons. The van der Waals surface area contributed by atoms with Crippen molar-refractivity contribution in [3.8, 4) is 5.75 Å². The third-order valence-electron chi connectivity index (χ3n) is 4.14. The van der Waals surface area contributed by atoms with Gasteiger partial charge in [0.1, 0.15) is 5.75 Å². The Morgan fingerprint density at radius 2 is 2.19 bits per heavy atom. The highest BCUT2D eigenvalue weighted by Crippen LogP contribution is 2.16. The molecule has 1 amide bonds. The molecule has 0 spiro atoms. The van der Waals surface area contributed by atoms with E-state index in [2.05, 4.69) is 20.4 Å². The first kappa shape index (κ1) is 19.9. The van der Waals surface area contributed by atoms with Crippen LogP contribution in [-0.4, -0.2) is 49.6 Å². The van der Waals surface area contributed by atoms with Crippen LogP contribution in [0, 0.1) is 5.92 Å². The van der Waals surface area contributed by atoms with Gasteiger partial charge >= 0.3 is 6.61 Å². The summed E-state index contributed by atoms with van der Waals surface area (Å²) in [6.45, 7) is 2.76. The Morgan fingerprint density at radius 3 is 2.85 bits per heavy atom. The van der Waals surface area contributed by atoms with Gasteiger partial charge in [0, 0.05) is 38.6 Å². The SMILES string of the molecule is CN=C(NCc1cccc(OC(F)F)c1)NC1CCN(C(=O)C(C)C)C1. The van der Waals surface area contributed by atoms with Crippen molar-refractivity contribution in [1.29, 1.82) is 0 Å². The van der Waals surface area contributed by atoms with Crippen molar-refractivity contribution in [3.63, 3.8) is 0 Å². The van der Waals surface area contributed by atoms with Crippen LogP contribution < -0.4 is 15.4 Å². The monoisotopic (exact) mass is 368 g/mol. The number of amides is 1. The van der Waals surface area contributed by atoms with Gasteiger partial charge in [0.25, 0.3) is 0 Å². The molecule has 1 heterocycles. The number of alkyl halides is 2. The van der Waals surface area contributed by atoms with E-state index in [-0.39, 0.29) is 23.6 Å². The fourth-order valence-electron chi connectivity index (χ4n) is 2.85. The topological polar surface area (TPSA) is 66.0 Å². The molecule has 1 aliphatic rings. The first-order valence-electron chi connectivity index (χ1n) is 8.68. The molecule has 0 aliphatic carbocycles. The maximum absolute atomic E-state index is 12.3. The number of halogens is 2. The maximum atomic E-state index is 12.3. The zero-order chi connectivity index (χ0) is 19.1. The van der Waals surface area contributed by atoms with Gasteiger partial charge in [-0.05, 0) is 24.1 Å². The van der Waals surface area contributed by atoms with E-state index < -0.39 is 6.61 Å². The number of carbonyl (C=O) groups excluding carboxylic acids is 1. The third kappa shape index (κ3) is 5.86. The van der Waals surface area contributed by atoms with E-state index in [4.69, 9.17) is 0 Å². The average molecular weight is 368 g/mol. The van der Waals surface area contributed by atoms with E-state index in [1.54, 1.807) is 19.2 Å². The Balaban J connectivity index is 1.84. The molecule has 0 saturated carbocycles. The Hall–Kier alpha value is -2.38. The number of hydrogen-bond donors (Lipinski definition) is 2. The number of benzene rings is 1. The van der Waals surface area contributed by atoms with Crippen molar-refractivity contribution in [2.24, 2.45) is 10.9 Å². The Bertz CT molecular complexity index is 637. The summed E-state index contributed by atoms with van der Waals surface area (Å²) in [4.78, 5) is 18.1. The fourth-order valence-corrected chi connectivity index (χ4v) is 2.85. The van der Waals surface area contributed by atoms with Gasteiger partial charge in [0.05, 0.1) is 0 Å². The van der Waals surface area contributed by atoms with Gasteiger partial charge in [0.15, 0.2) is 5.96 Å². The van der Waals surface area contributed by atoms with Crippen LogP contribution in [0.1, 0.15) is 25.8 Å². The molecule has 2 N–H and O–H groups in total. The Kier molecular flexibility index (Phi) is 7.17. The highest BCUT2D eigenvalue weighted by atomic mass is 19.3. The first-order chi connectivity index (χ1) is 12.4. The lowest BCUT2D eigenvalue weighted by Gasteiger charge is -2.20. The van der Waals surface area contributed by atoms with E-state index in [1.807, 2.05) is 24.8 Å². The second-order valence-electron chi connectivity index (χ2n) is 6.52. The molecular weight excluding hydrogens is 342 g/mol. The third-order valence-corrected chi connectivity index (χ3v) is 4.14. The van der Waals surface area contributed by atoms with Crippen molar-refractivity contribution in [2.45, 2.75) is 39.5 Å². The molecule has 1 aromatic carbocycles. The number of aliphatic imine (C=N–C) groups is 1. The molecule has 144 valence electrons. The Labute approximate surface area is 152 Å². The highest BCUT2D eigenvalue weighted by Gasteiger charge is 2.27. The minimum absolute atomic E-state index is 0.00563. The molecule has 1 unspecified atom stereocenters. The van der Waals surface area contributed by atoms with Crippen molar-refractivity contribution in [3.05, 3.63) is 29.8 Å². The first-order valence-corrected chi connectivity index (χ1v) is 8.68. The standard InChI is InChI=1S/C18H26F2N4O2/c1-12(2)16(25)24-8-7-14(11-24)23-18(21-3)22-10-13-5-4-6-15(9-13)26-17(19)20/h4-6,9,12,14,17H,7-8,10-11H2,1-3H3,(H2,21,22,23). The molecule has 0 aromatic heterocycles. The van der Waals surface area contributed by atoms with Gasteiger partial charge in [-0.1, -0.05) is 26.0 Å². The summed E-state index contributed by atoms with van der Waals surface area (Å²) >= 11 is 0. The normalized spacial score (nSPS) is 17.7. The zero-order valence-electron chi connectivity index (χ0n) is 15.3. The van der Waals surface area contributed by atoms with Crippen LogP contribution in [0.15, 0.2) is 29.3 Å². The number of nitrogens with zero attached hydrogens (tertiary/aromatic N) is 2. The van der Waals surface area contributed by atoms with Gasteiger partial charge in [-0.3, -0.25) is 9.79 Å². The summed E-state index contributed by atoms with van der Waals surface area (Å²) in [6.07, 6.45) is 0.858. The Morgan fingerprint density at radius 1 is 1.42 bits per heavy atom. The highest BCUT2D eigenvalue weighted by molar-refractivity contribution is 5.81.